The second-order valence-corrected chi connectivity index (χ2v) is 4.96. The Morgan fingerprint density at radius 2 is 2.20 bits per heavy atom. The number of phenols is 1. The van der Waals surface area contributed by atoms with E-state index in [4.69, 9.17) is 5.73 Å². The Bertz CT molecular complexity index is 614. The van der Waals surface area contributed by atoms with E-state index in [2.05, 4.69) is 14.9 Å². The van der Waals surface area contributed by atoms with Crippen molar-refractivity contribution in [2.75, 3.05) is 12.4 Å². The SMILES string of the molecule is Cn1c(SCCOC(N)=O)nnc1-c1ccccc1O. The molecule has 0 saturated heterocycles. The number of aromatic nitrogens is 3. The predicted molar refractivity (Wildman–Crippen MR) is 74.4 cm³/mol. The number of hydrogen-bond donors (Lipinski definition) is 2. The van der Waals surface area contributed by atoms with E-state index in [1.165, 1.54) is 11.8 Å². The van der Waals surface area contributed by atoms with Gasteiger partial charge >= 0.3 is 6.09 Å². The average Bonchev–Trinajstić information content (AvgIpc) is 2.77. The standard InChI is InChI=1S/C12H14N4O3S/c1-16-10(8-4-2-3-5-9(8)17)14-15-12(16)20-7-6-19-11(13)18/h2-5,17H,6-7H2,1H3,(H2,13,18). The van der Waals surface area contributed by atoms with E-state index in [0.29, 0.717) is 22.3 Å². The molecule has 0 fully saturated rings. The molecule has 2 rings (SSSR count). The van der Waals surface area contributed by atoms with Crippen molar-refractivity contribution in [3.8, 4) is 17.1 Å². The summed E-state index contributed by atoms with van der Waals surface area (Å²) in [5.41, 5.74) is 5.48. The zero-order valence-corrected chi connectivity index (χ0v) is 11.6. The fraction of sp³-hybridized carbons (Fsp3) is 0.250. The quantitative estimate of drug-likeness (QED) is 0.637. The number of benzene rings is 1. The number of ether oxygens (including phenoxy) is 1. The van der Waals surface area contributed by atoms with E-state index >= 15 is 0 Å². The van der Waals surface area contributed by atoms with Crippen LogP contribution < -0.4 is 5.73 Å². The monoisotopic (exact) mass is 294 g/mol. The maximum atomic E-state index is 10.4. The van der Waals surface area contributed by atoms with Crippen LogP contribution in [0.4, 0.5) is 4.79 Å². The van der Waals surface area contributed by atoms with E-state index in [1.54, 1.807) is 29.8 Å². The van der Waals surface area contributed by atoms with Crippen LogP contribution in [0, 0.1) is 0 Å². The van der Waals surface area contributed by atoms with E-state index in [9.17, 15) is 9.90 Å². The van der Waals surface area contributed by atoms with Gasteiger partial charge in [-0.2, -0.15) is 0 Å². The first-order chi connectivity index (χ1) is 9.59. The lowest BCUT2D eigenvalue weighted by Gasteiger charge is -2.05. The smallest absolute Gasteiger partial charge is 0.404 e. The maximum Gasteiger partial charge on any atom is 0.404 e. The van der Waals surface area contributed by atoms with Crippen LogP contribution in [0.2, 0.25) is 0 Å². The van der Waals surface area contributed by atoms with E-state index in [1.807, 2.05) is 6.07 Å². The van der Waals surface area contributed by atoms with Crippen LogP contribution in [0.3, 0.4) is 0 Å². The first-order valence-corrected chi connectivity index (χ1v) is 6.81. The summed E-state index contributed by atoms with van der Waals surface area (Å²) in [5.74, 6) is 1.24. The zero-order valence-electron chi connectivity index (χ0n) is 10.8. The molecule has 106 valence electrons. The summed E-state index contributed by atoms with van der Waals surface area (Å²) >= 11 is 1.39. The lowest BCUT2D eigenvalue weighted by Crippen LogP contribution is -2.14. The number of amides is 1. The topological polar surface area (TPSA) is 103 Å². The minimum Gasteiger partial charge on any atom is -0.507 e. The summed E-state index contributed by atoms with van der Waals surface area (Å²) in [6, 6.07) is 6.92. The first-order valence-electron chi connectivity index (χ1n) is 5.82. The normalized spacial score (nSPS) is 10.4. The Hall–Kier alpha value is -2.22. The molecule has 8 heteroatoms. The molecule has 1 amide bonds. The van der Waals surface area contributed by atoms with Crippen LogP contribution in [-0.2, 0) is 11.8 Å². The Labute approximate surface area is 119 Å². The van der Waals surface area contributed by atoms with Gasteiger partial charge in [-0.25, -0.2) is 4.79 Å². The second kappa shape index (κ2) is 6.29. The third-order valence-corrected chi connectivity index (χ3v) is 3.52. The van der Waals surface area contributed by atoms with Gasteiger partial charge in [-0.05, 0) is 12.1 Å². The van der Waals surface area contributed by atoms with Crippen molar-refractivity contribution in [2.45, 2.75) is 5.16 Å². The summed E-state index contributed by atoms with van der Waals surface area (Å²) in [6.45, 7) is 0.207. The molecule has 0 aliphatic rings. The molecule has 0 atom stereocenters. The second-order valence-electron chi connectivity index (χ2n) is 3.90. The molecule has 0 saturated carbocycles. The van der Waals surface area contributed by atoms with Gasteiger partial charge in [0.25, 0.3) is 0 Å². The van der Waals surface area contributed by atoms with Crippen LogP contribution in [0.1, 0.15) is 0 Å². The molecule has 1 aromatic heterocycles. The lowest BCUT2D eigenvalue weighted by molar-refractivity contribution is 0.164. The molecular formula is C12H14N4O3S. The van der Waals surface area contributed by atoms with E-state index in [0.717, 1.165) is 0 Å². The van der Waals surface area contributed by atoms with Gasteiger partial charge in [0.2, 0.25) is 0 Å². The number of phenolic OH excluding ortho intramolecular Hbond substituents is 1. The maximum absolute atomic E-state index is 10.4. The highest BCUT2D eigenvalue weighted by atomic mass is 32.2. The first kappa shape index (κ1) is 14.2. The van der Waals surface area contributed by atoms with Crippen LogP contribution in [0.5, 0.6) is 5.75 Å². The lowest BCUT2D eigenvalue weighted by atomic mass is 10.2. The van der Waals surface area contributed by atoms with Crippen molar-refractivity contribution in [2.24, 2.45) is 12.8 Å². The minimum absolute atomic E-state index is 0.150. The molecule has 0 aliphatic heterocycles. The Morgan fingerprint density at radius 3 is 2.90 bits per heavy atom. The number of carbonyl (C=O) groups is 1. The van der Waals surface area contributed by atoms with Crippen molar-refractivity contribution in [3.05, 3.63) is 24.3 Å². The molecule has 1 aromatic carbocycles. The van der Waals surface area contributed by atoms with Crippen LogP contribution in [-0.4, -0.2) is 38.3 Å². The van der Waals surface area contributed by atoms with Crippen molar-refractivity contribution in [1.82, 2.24) is 14.8 Å². The molecule has 2 aromatic rings. The van der Waals surface area contributed by atoms with Gasteiger partial charge < -0.3 is 20.1 Å². The Morgan fingerprint density at radius 1 is 1.45 bits per heavy atom. The highest BCUT2D eigenvalue weighted by molar-refractivity contribution is 7.99. The number of nitrogens with two attached hydrogens (primary N) is 1. The molecule has 7 nitrogen and oxygen atoms in total. The molecule has 1 heterocycles. The van der Waals surface area contributed by atoms with Crippen molar-refractivity contribution < 1.29 is 14.6 Å². The summed E-state index contributed by atoms with van der Waals surface area (Å²) in [5, 5.41) is 18.6. The summed E-state index contributed by atoms with van der Waals surface area (Å²) in [7, 11) is 1.80. The molecule has 3 N–H and O–H groups in total. The van der Waals surface area contributed by atoms with Gasteiger partial charge in [-0.15, -0.1) is 10.2 Å². The summed E-state index contributed by atoms with van der Waals surface area (Å²) < 4.78 is 6.40. The van der Waals surface area contributed by atoms with Crippen LogP contribution in [0.15, 0.2) is 29.4 Å². The number of nitrogens with zero attached hydrogens (tertiary/aromatic N) is 3. The predicted octanol–water partition coefficient (Wildman–Crippen LogP) is 1.38. The third-order valence-electron chi connectivity index (χ3n) is 2.54. The van der Waals surface area contributed by atoms with Gasteiger partial charge in [0.05, 0.1) is 5.56 Å². The minimum atomic E-state index is -0.793. The fourth-order valence-corrected chi connectivity index (χ4v) is 2.34. The highest BCUT2D eigenvalue weighted by Gasteiger charge is 2.13. The van der Waals surface area contributed by atoms with Gasteiger partial charge in [-0.3, -0.25) is 0 Å². The number of rotatable bonds is 5. The molecule has 0 bridgehead atoms. The molecule has 0 spiro atoms. The number of carbonyl (C=O) groups excluding carboxylic acids is 1. The fourth-order valence-electron chi connectivity index (χ4n) is 1.61. The summed E-state index contributed by atoms with van der Waals surface area (Å²) in [6.07, 6.45) is -0.793. The molecule has 20 heavy (non-hydrogen) atoms. The summed E-state index contributed by atoms with van der Waals surface area (Å²) in [4.78, 5) is 10.4. The molecular weight excluding hydrogens is 280 g/mol. The number of aromatic hydroxyl groups is 1. The average molecular weight is 294 g/mol. The van der Waals surface area contributed by atoms with Crippen LogP contribution in [0.25, 0.3) is 11.4 Å². The van der Waals surface area contributed by atoms with Crippen LogP contribution >= 0.6 is 11.8 Å². The highest BCUT2D eigenvalue weighted by Crippen LogP contribution is 2.28. The number of hydrogen-bond acceptors (Lipinski definition) is 6. The molecule has 0 radical (unpaired) electrons. The molecule has 0 aliphatic carbocycles. The molecule has 0 unspecified atom stereocenters. The Balaban J connectivity index is 2.08. The number of thioether (sulfide) groups is 1. The van der Waals surface area contributed by atoms with Crippen molar-refractivity contribution in [1.29, 1.82) is 0 Å². The van der Waals surface area contributed by atoms with E-state index in [-0.39, 0.29) is 12.4 Å². The van der Waals surface area contributed by atoms with E-state index < -0.39 is 6.09 Å². The van der Waals surface area contributed by atoms with Gasteiger partial charge in [-0.1, -0.05) is 23.9 Å². The Kier molecular flexibility index (Phi) is 4.46. The largest absolute Gasteiger partial charge is 0.507 e. The van der Waals surface area contributed by atoms with Crippen molar-refractivity contribution in [3.63, 3.8) is 0 Å². The van der Waals surface area contributed by atoms with Crippen molar-refractivity contribution >= 4 is 17.9 Å². The van der Waals surface area contributed by atoms with Gasteiger partial charge in [0.1, 0.15) is 12.4 Å². The third kappa shape index (κ3) is 3.21. The van der Waals surface area contributed by atoms with Gasteiger partial charge in [0.15, 0.2) is 11.0 Å². The number of primary amides is 1. The van der Waals surface area contributed by atoms with Gasteiger partial charge in [0, 0.05) is 12.8 Å². The zero-order chi connectivity index (χ0) is 14.5. The number of para-hydroxylation sites is 1.